The highest BCUT2D eigenvalue weighted by Gasteiger charge is 2.38. The van der Waals surface area contributed by atoms with Crippen LogP contribution in [0.2, 0.25) is 0 Å². The highest BCUT2D eigenvalue weighted by Crippen LogP contribution is 2.44. The molecule has 6 aromatic heterocycles. The van der Waals surface area contributed by atoms with E-state index in [1.54, 1.807) is 78.0 Å². The third kappa shape index (κ3) is 22.1. The zero-order valence-corrected chi connectivity index (χ0v) is 76.9. The number of methoxy groups -OCH3 is 6. The van der Waals surface area contributed by atoms with Gasteiger partial charge in [-0.3, -0.25) is 0 Å². The molecule has 0 radical (unpaired) electrons. The van der Waals surface area contributed by atoms with Crippen LogP contribution >= 0.6 is 0 Å². The number of phenols is 2. The first-order valence-electron chi connectivity index (χ1n) is 42.2. The Balaban J connectivity index is 0.000000185. The highest BCUT2D eigenvalue weighted by molar-refractivity contribution is 5.87. The van der Waals surface area contributed by atoms with E-state index in [1.165, 1.54) is 64.8 Å². The first kappa shape index (κ1) is 96.4. The summed E-state index contributed by atoms with van der Waals surface area (Å²) < 4.78 is 96.8. The van der Waals surface area contributed by atoms with E-state index in [0.29, 0.717) is 125 Å². The number of nitrogens with zero attached hydrogens (tertiary/aromatic N) is 9. The van der Waals surface area contributed by atoms with Crippen LogP contribution in [0.25, 0.3) is 118 Å². The molecule has 15 rings (SSSR count). The number of aliphatic carboxylic acids is 1. The first-order valence-corrected chi connectivity index (χ1v) is 42.2. The molecule has 0 aliphatic heterocycles. The van der Waals surface area contributed by atoms with Crippen molar-refractivity contribution in [3.63, 3.8) is 0 Å². The van der Waals surface area contributed by atoms with Gasteiger partial charge in [0, 0.05) is 120 Å². The molecule has 0 saturated carbocycles. The van der Waals surface area contributed by atoms with Crippen molar-refractivity contribution < 1.29 is 85.5 Å². The molecule has 24 nitrogen and oxygen atoms in total. The van der Waals surface area contributed by atoms with E-state index in [9.17, 15) is 42.9 Å². The maximum Gasteiger partial charge on any atom is 0.339 e. The van der Waals surface area contributed by atoms with Crippen LogP contribution in [0.4, 0.5) is 13.2 Å². The first-order chi connectivity index (χ1) is 62.0. The monoisotopic (exact) mass is 1770 g/mol. The summed E-state index contributed by atoms with van der Waals surface area (Å²) in [5, 5.41) is 45.4. The van der Waals surface area contributed by atoms with Gasteiger partial charge in [-0.2, -0.15) is 15.3 Å². The number of fused-ring (bicyclic) bond motifs is 3. The van der Waals surface area contributed by atoms with Crippen LogP contribution in [0.5, 0.6) is 34.5 Å². The number of carboxylic acid groups (broad SMARTS) is 1. The molecule has 3 atom stereocenters. The molecular weight excluding hydrogens is 1660 g/mol. The van der Waals surface area contributed by atoms with Gasteiger partial charge in [-0.05, 0) is 227 Å². The number of aromatic nitrogens is 9. The predicted octanol–water partition coefficient (Wildman–Crippen LogP) is 23.0. The molecule has 27 heteroatoms. The number of carboxylic acids is 1. The number of aromatic hydroxyl groups is 2. The molecule has 0 fully saturated rings. The lowest BCUT2D eigenvalue weighted by molar-refractivity contribution is -0.164. The quantitative estimate of drug-likeness (QED) is 0.0531. The Hall–Kier alpha value is -14.3. The fraction of sp³-hybridized carbons (Fsp3) is 0.272. The van der Waals surface area contributed by atoms with Crippen LogP contribution in [0.15, 0.2) is 218 Å². The van der Waals surface area contributed by atoms with Gasteiger partial charge < -0.3 is 58.0 Å². The average Bonchev–Trinajstić information content (AvgIpc) is 1.55. The van der Waals surface area contributed by atoms with E-state index in [4.69, 9.17) is 72.9 Å². The molecule has 0 spiro atoms. The Bertz CT molecular complexity index is 6570. The summed E-state index contributed by atoms with van der Waals surface area (Å²) in [7, 11) is 8.86. The molecule has 3 N–H and O–H groups in total. The second-order valence-electron chi connectivity index (χ2n) is 32.6. The van der Waals surface area contributed by atoms with Crippen LogP contribution in [0, 0.1) is 38.2 Å². The molecule has 9 aromatic carbocycles. The zero-order chi connectivity index (χ0) is 94.5. The fourth-order valence-electron chi connectivity index (χ4n) is 14.8. The maximum atomic E-state index is 13.9. The summed E-state index contributed by atoms with van der Waals surface area (Å²) >= 11 is 0. The van der Waals surface area contributed by atoms with Crippen LogP contribution in [-0.2, 0) is 38.1 Å². The number of esters is 2. The molecule has 0 bridgehead atoms. The van der Waals surface area contributed by atoms with Crippen molar-refractivity contribution in [2.75, 3.05) is 42.7 Å². The number of aryl methyl sites for hydroxylation is 3. The van der Waals surface area contributed by atoms with E-state index in [2.05, 4.69) is 0 Å². The summed E-state index contributed by atoms with van der Waals surface area (Å²) in [6.07, 6.45) is -3.44. The Kier molecular flexibility index (Phi) is 30.6. The Morgan fingerprint density at radius 3 is 0.938 bits per heavy atom. The van der Waals surface area contributed by atoms with Gasteiger partial charge in [0.15, 0.2) is 35.3 Å². The lowest BCUT2D eigenvalue weighted by atomic mass is 9.98. The Morgan fingerprint density at radius 2 is 0.638 bits per heavy atom. The van der Waals surface area contributed by atoms with Crippen molar-refractivity contribution in [2.24, 2.45) is 0 Å². The van der Waals surface area contributed by atoms with Crippen molar-refractivity contribution in [1.82, 2.24) is 43.8 Å². The van der Waals surface area contributed by atoms with Crippen molar-refractivity contribution in [1.29, 1.82) is 0 Å². The van der Waals surface area contributed by atoms with Crippen LogP contribution in [0.3, 0.4) is 0 Å². The van der Waals surface area contributed by atoms with E-state index in [-0.39, 0.29) is 23.1 Å². The average molecular weight is 1770 g/mol. The second kappa shape index (κ2) is 41.2. The number of carbonyl (C=O) groups is 3. The fourth-order valence-corrected chi connectivity index (χ4v) is 14.8. The SMILES string of the molecule is CC.CC.COC(=O)[C@@H](OC(C)(C)C)c1c(C)nc2cc(-c3cccc(-c4ccc(F)cc4O)c3)nn2c1-c1ccc(O)cc1.COC(=O)[C@@H](OC(C)(C)C)c1c(C)nc2cc(-c3cccc(-c4ccc(F)cc4OC)c3)nn2c1-c1ccc(OC)cc1.COc1ccc(-c2c([C@H](OC(C)(C)C)C(=O)O)c(C)nc3cc(-c4cccc(-c5ccc(F)cc5OC)c4)nn23)cc1. The minimum Gasteiger partial charge on any atom is -0.508 e. The molecule has 0 amide bonds. The van der Waals surface area contributed by atoms with E-state index >= 15 is 0 Å². The number of rotatable bonds is 22. The Morgan fingerprint density at radius 1 is 0.346 bits per heavy atom. The molecule has 15 aromatic rings. The maximum absolute atomic E-state index is 13.9. The zero-order valence-electron chi connectivity index (χ0n) is 76.9. The van der Waals surface area contributed by atoms with Crippen molar-refractivity contribution in [3.8, 4) is 135 Å². The molecule has 0 aliphatic rings. The normalized spacial score (nSPS) is 12.1. The van der Waals surface area contributed by atoms with Gasteiger partial charge in [-0.25, -0.2) is 56.1 Å². The van der Waals surface area contributed by atoms with Crippen LogP contribution in [0.1, 0.15) is 142 Å². The van der Waals surface area contributed by atoms with E-state index in [0.717, 1.165) is 56.1 Å². The van der Waals surface area contributed by atoms with Gasteiger partial charge in [0.25, 0.3) is 0 Å². The standard InChI is InChI=1S/C34H34FN3O5.C33H32FN3O5.C32H30FN3O5.2C2H6/c1-20-30(32(33(39)42-7)43-34(2,3)4)31(21-11-14-25(40-5)15-12-21)38-29(36-20)19-27(37-38)23-10-8-9-22(17-23)26-16-13-24(35)18-28(26)41-6;1-19-29(31(32(38)39)42-33(2,3)4)30(20-10-13-24(40-5)14-11-20)37-28(35-19)18-26(36-37)22-9-7-8-21(16-22)25-15-12-23(34)17-27(25)41-6;1-18-28(30(31(39)40-5)41-32(2,3)4)29(19-9-12-23(37)13-10-19)36-27(34-18)17-25(35-36)21-8-6-7-20(15-21)24-14-11-22(33)16-26(24)38;2*1-2/h8-19,32H,1-7H3;7-18,31H,1-6H3,(H,38,39);6-17,30,37-38H,1-5H3;2*1-2H3/t32-;31-;30-;;/m000../s1. The highest BCUT2D eigenvalue weighted by atomic mass is 19.1. The topological polar surface area (TPSA) is 286 Å². The van der Waals surface area contributed by atoms with Gasteiger partial charge >= 0.3 is 17.9 Å². The molecule has 130 heavy (non-hydrogen) atoms. The van der Waals surface area contributed by atoms with Crippen molar-refractivity contribution in [3.05, 3.63) is 270 Å². The lowest BCUT2D eigenvalue weighted by Gasteiger charge is -2.28. The number of hydrogen-bond donors (Lipinski definition) is 3. The van der Waals surface area contributed by atoms with Gasteiger partial charge in [0.1, 0.15) is 51.9 Å². The molecule has 6 heterocycles. The lowest BCUT2D eigenvalue weighted by Crippen LogP contribution is -2.29. The molecule has 0 unspecified atom stereocenters. The third-order valence-electron chi connectivity index (χ3n) is 20.3. The van der Waals surface area contributed by atoms with Crippen molar-refractivity contribution >= 4 is 34.8 Å². The number of halogens is 3. The largest absolute Gasteiger partial charge is 0.508 e. The minimum absolute atomic E-state index is 0.0924. The molecule has 0 aliphatic carbocycles. The second-order valence-corrected chi connectivity index (χ2v) is 32.6. The smallest absolute Gasteiger partial charge is 0.339 e. The van der Waals surface area contributed by atoms with Crippen LogP contribution < -0.4 is 18.9 Å². The third-order valence-corrected chi connectivity index (χ3v) is 20.3. The number of ether oxygens (including phenoxy) is 9. The van der Waals surface area contributed by atoms with E-state index < -0.39 is 58.8 Å². The predicted molar refractivity (Wildman–Crippen MR) is 497 cm³/mol. The summed E-state index contributed by atoms with van der Waals surface area (Å²) in [4.78, 5) is 53.2. The van der Waals surface area contributed by atoms with Gasteiger partial charge in [0.05, 0.1) is 93.6 Å². The molecule has 676 valence electrons. The molecule has 0 saturated heterocycles. The summed E-state index contributed by atoms with van der Waals surface area (Å²) in [5.41, 5.74) is 15.2. The van der Waals surface area contributed by atoms with Gasteiger partial charge in [-0.1, -0.05) is 82.3 Å². The number of benzene rings is 9. The summed E-state index contributed by atoms with van der Waals surface area (Å²) in [6, 6.07) is 62.6. The minimum atomic E-state index is -1.29. The van der Waals surface area contributed by atoms with E-state index in [1.807, 2.05) is 236 Å². The number of carbonyl (C=O) groups excluding carboxylic acids is 2. The Labute approximate surface area is 753 Å². The van der Waals surface area contributed by atoms with Gasteiger partial charge in [-0.15, -0.1) is 0 Å². The summed E-state index contributed by atoms with van der Waals surface area (Å²) in [6.45, 7) is 30.0. The summed E-state index contributed by atoms with van der Waals surface area (Å²) in [5.74, 6) is -1.39. The number of phenolic OH excluding ortho intramolecular Hbond substituents is 2. The molecular formula is C103H108F3N9O15. The van der Waals surface area contributed by atoms with Gasteiger partial charge in [0.2, 0.25) is 0 Å². The van der Waals surface area contributed by atoms with Crippen LogP contribution in [-0.4, -0.2) is 136 Å². The van der Waals surface area contributed by atoms with Crippen molar-refractivity contribution in [2.45, 2.75) is 146 Å². The number of hydrogen-bond acceptors (Lipinski definition) is 20.